The number of carboxylic acids is 1. The van der Waals surface area contributed by atoms with Gasteiger partial charge in [0.05, 0.1) is 0 Å². The van der Waals surface area contributed by atoms with Gasteiger partial charge in [-0.25, -0.2) is 4.39 Å². The van der Waals surface area contributed by atoms with Crippen LogP contribution < -0.4 is 5.32 Å². The van der Waals surface area contributed by atoms with E-state index in [0.29, 0.717) is 30.0 Å². The molecule has 0 amide bonds. The minimum absolute atomic E-state index is 0.00884. The molecule has 1 rings (SSSR count). The fourth-order valence-corrected chi connectivity index (χ4v) is 2.16. The summed E-state index contributed by atoms with van der Waals surface area (Å²) in [4.78, 5) is 11.0. The molecular formula is C14H19ClFNO2. The largest absolute Gasteiger partial charge is 0.480 e. The molecule has 0 aliphatic heterocycles. The van der Waals surface area contributed by atoms with Crippen LogP contribution in [0.4, 0.5) is 4.39 Å². The standard InChI is InChI=1S/C14H19ClFNO2/c1-9(2)13(14(18)19)17-8-4-5-10-11(15)6-3-7-12(10)16/h3,6-7,9,13,17H,4-5,8H2,1-2H3,(H,18,19)/t13-/m1/s1. The zero-order valence-electron chi connectivity index (χ0n) is 11.1. The lowest BCUT2D eigenvalue weighted by molar-refractivity contribution is -0.140. The number of nitrogens with one attached hydrogen (secondary N) is 1. The molecule has 0 unspecified atom stereocenters. The quantitative estimate of drug-likeness (QED) is 0.758. The summed E-state index contributed by atoms with van der Waals surface area (Å²) in [6.07, 6.45) is 1.13. The zero-order chi connectivity index (χ0) is 14.4. The second-order valence-electron chi connectivity index (χ2n) is 4.82. The summed E-state index contributed by atoms with van der Waals surface area (Å²) in [6.45, 7) is 4.21. The van der Waals surface area contributed by atoms with Crippen LogP contribution in [0.25, 0.3) is 0 Å². The molecular weight excluding hydrogens is 269 g/mol. The van der Waals surface area contributed by atoms with Gasteiger partial charge in [0.15, 0.2) is 0 Å². The summed E-state index contributed by atoms with van der Waals surface area (Å²) >= 11 is 5.92. The van der Waals surface area contributed by atoms with Gasteiger partial charge >= 0.3 is 5.97 Å². The lowest BCUT2D eigenvalue weighted by Gasteiger charge is -2.17. The lowest BCUT2D eigenvalue weighted by Crippen LogP contribution is -2.41. The first kappa shape index (κ1) is 15.9. The van der Waals surface area contributed by atoms with E-state index in [4.69, 9.17) is 16.7 Å². The number of hydrogen-bond donors (Lipinski definition) is 2. The molecule has 19 heavy (non-hydrogen) atoms. The van der Waals surface area contributed by atoms with Crippen molar-refractivity contribution >= 4 is 17.6 Å². The van der Waals surface area contributed by atoms with Gasteiger partial charge in [-0.2, -0.15) is 0 Å². The number of rotatable bonds is 7. The molecule has 0 heterocycles. The molecule has 0 saturated carbocycles. The summed E-state index contributed by atoms with van der Waals surface area (Å²) in [7, 11) is 0. The predicted octanol–water partition coefficient (Wildman–Crippen LogP) is 3.11. The Kier molecular flexibility index (Phi) is 6.25. The van der Waals surface area contributed by atoms with Gasteiger partial charge in [-0.15, -0.1) is 0 Å². The van der Waals surface area contributed by atoms with Crippen LogP contribution in [0.3, 0.4) is 0 Å². The molecule has 1 aromatic rings. The summed E-state index contributed by atoms with van der Waals surface area (Å²) in [5.41, 5.74) is 0.488. The Morgan fingerprint density at radius 1 is 1.47 bits per heavy atom. The summed E-state index contributed by atoms with van der Waals surface area (Å²) in [5, 5.41) is 12.4. The highest BCUT2D eigenvalue weighted by molar-refractivity contribution is 6.31. The third-order valence-corrected chi connectivity index (χ3v) is 3.32. The molecule has 0 fully saturated rings. The number of aliphatic carboxylic acids is 1. The Morgan fingerprint density at radius 3 is 2.68 bits per heavy atom. The number of carbonyl (C=O) groups is 1. The molecule has 1 aromatic carbocycles. The van der Waals surface area contributed by atoms with Crippen LogP contribution in [0.5, 0.6) is 0 Å². The summed E-state index contributed by atoms with van der Waals surface area (Å²) in [5.74, 6) is -1.17. The Bertz CT molecular complexity index is 417. The predicted molar refractivity (Wildman–Crippen MR) is 74.0 cm³/mol. The van der Waals surface area contributed by atoms with Gasteiger partial charge in [0, 0.05) is 10.6 Å². The van der Waals surface area contributed by atoms with E-state index >= 15 is 0 Å². The Morgan fingerprint density at radius 2 is 2.16 bits per heavy atom. The van der Waals surface area contributed by atoms with Crippen LogP contribution >= 0.6 is 11.6 Å². The highest BCUT2D eigenvalue weighted by atomic mass is 35.5. The van der Waals surface area contributed by atoms with Crippen LogP contribution in [0.1, 0.15) is 25.8 Å². The van der Waals surface area contributed by atoms with Gasteiger partial charge < -0.3 is 10.4 Å². The lowest BCUT2D eigenvalue weighted by atomic mass is 10.0. The SMILES string of the molecule is CC(C)[C@@H](NCCCc1c(F)cccc1Cl)C(=O)O. The van der Waals surface area contributed by atoms with E-state index in [-0.39, 0.29) is 11.7 Å². The Balaban J connectivity index is 2.45. The van der Waals surface area contributed by atoms with Crippen molar-refractivity contribution in [2.45, 2.75) is 32.7 Å². The molecule has 3 nitrogen and oxygen atoms in total. The average molecular weight is 288 g/mol. The molecule has 106 valence electrons. The first-order valence-electron chi connectivity index (χ1n) is 6.32. The molecule has 0 aliphatic rings. The van der Waals surface area contributed by atoms with Crippen molar-refractivity contribution in [2.24, 2.45) is 5.92 Å². The number of halogens is 2. The van der Waals surface area contributed by atoms with Gasteiger partial charge in [0.25, 0.3) is 0 Å². The summed E-state index contributed by atoms with van der Waals surface area (Å²) in [6, 6.07) is 4.03. The van der Waals surface area contributed by atoms with Gasteiger partial charge in [0.1, 0.15) is 11.9 Å². The second-order valence-corrected chi connectivity index (χ2v) is 5.23. The topological polar surface area (TPSA) is 49.3 Å². The van der Waals surface area contributed by atoms with Crippen LogP contribution in [0.2, 0.25) is 5.02 Å². The third-order valence-electron chi connectivity index (χ3n) is 2.96. The van der Waals surface area contributed by atoms with Gasteiger partial charge in [-0.1, -0.05) is 31.5 Å². The molecule has 0 saturated heterocycles. The molecule has 2 N–H and O–H groups in total. The average Bonchev–Trinajstić information content (AvgIpc) is 2.31. The van der Waals surface area contributed by atoms with Crippen molar-refractivity contribution in [3.8, 4) is 0 Å². The maximum absolute atomic E-state index is 13.5. The minimum atomic E-state index is -0.862. The van der Waals surface area contributed by atoms with Crippen LogP contribution in [0, 0.1) is 11.7 Å². The minimum Gasteiger partial charge on any atom is -0.480 e. The van der Waals surface area contributed by atoms with E-state index in [2.05, 4.69) is 5.32 Å². The van der Waals surface area contributed by atoms with Gasteiger partial charge in [-0.3, -0.25) is 4.79 Å². The van der Waals surface area contributed by atoms with Crippen molar-refractivity contribution < 1.29 is 14.3 Å². The molecule has 0 aromatic heterocycles. The van der Waals surface area contributed by atoms with E-state index in [1.54, 1.807) is 12.1 Å². The number of benzene rings is 1. The highest BCUT2D eigenvalue weighted by Crippen LogP contribution is 2.20. The van der Waals surface area contributed by atoms with Crippen molar-refractivity contribution in [3.05, 3.63) is 34.6 Å². The maximum Gasteiger partial charge on any atom is 0.320 e. The fraction of sp³-hybridized carbons (Fsp3) is 0.500. The van der Waals surface area contributed by atoms with E-state index in [1.807, 2.05) is 13.8 Å². The number of hydrogen-bond acceptors (Lipinski definition) is 2. The van der Waals surface area contributed by atoms with Gasteiger partial charge in [-0.05, 0) is 37.4 Å². The van der Waals surface area contributed by atoms with Crippen molar-refractivity contribution in [1.29, 1.82) is 0 Å². The normalized spacial score (nSPS) is 12.7. The first-order chi connectivity index (χ1) is 8.93. The smallest absolute Gasteiger partial charge is 0.320 e. The van der Waals surface area contributed by atoms with Crippen molar-refractivity contribution in [2.75, 3.05) is 6.54 Å². The molecule has 0 radical (unpaired) electrons. The van der Waals surface area contributed by atoms with Gasteiger partial charge in [0.2, 0.25) is 0 Å². The van der Waals surface area contributed by atoms with E-state index < -0.39 is 12.0 Å². The molecule has 1 atom stereocenters. The van der Waals surface area contributed by atoms with Crippen LogP contribution in [0.15, 0.2) is 18.2 Å². The monoisotopic (exact) mass is 287 g/mol. The maximum atomic E-state index is 13.5. The first-order valence-corrected chi connectivity index (χ1v) is 6.70. The van der Waals surface area contributed by atoms with E-state index in [0.717, 1.165) is 0 Å². The van der Waals surface area contributed by atoms with Crippen LogP contribution in [-0.2, 0) is 11.2 Å². The van der Waals surface area contributed by atoms with E-state index in [9.17, 15) is 9.18 Å². The molecule has 0 bridgehead atoms. The fourth-order valence-electron chi connectivity index (χ4n) is 1.90. The molecule has 0 spiro atoms. The van der Waals surface area contributed by atoms with Crippen molar-refractivity contribution in [3.63, 3.8) is 0 Å². The Labute approximate surface area is 117 Å². The Hall–Kier alpha value is -1.13. The zero-order valence-corrected chi connectivity index (χ0v) is 11.9. The number of carboxylic acid groups (broad SMARTS) is 1. The molecule has 0 aliphatic carbocycles. The van der Waals surface area contributed by atoms with Crippen molar-refractivity contribution in [1.82, 2.24) is 5.32 Å². The summed E-state index contributed by atoms with van der Waals surface area (Å²) < 4.78 is 13.5. The highest BCUT2D eigenvalue weighted by Gasteiger charge is 2.20. The van der Waals surface area contributed by atoms with Crippen LogP contribution in [-0.4, -0.2) is 23.7 Å². The third kappa shape index (κ3) is 4.80. The van der Waals surface area contributed by atoms with E-state index in [1.165, 1.54) is 6.07 Å². The molecule has 5 heteroatoms. The second kappa shape index (κ2) is 7.46.